The molecule has 0 bridgehead atoms. The molecule has 3 aromatic rings. The number of nitrogens with zero attached hydrogens (tertiary/aromatic N) is 2. The summed E-state index contributed by atoms with van der Waals surface area (Å²) < 4.78 is 0. The van der Waals surface area contributed by atoms with Gasteiger partial charge >= 0.3 is 0 Å². The van der Waals surface area contributed by atoms with Crippen LogP contribution in [-0.2, 0) is 6.42 Å². The van der Waals surface area contributed by atoms with Crippen LogP contribution < -0.4 is 0 Å². The summed E-state index contributed by atoms with van der Waals surface area (Å²) in [5.74, 6) is 0.0605. The van der Waals surface area contributed by atoms with Crippen LogP contribution in [0.1, 0.15) is 66.3 Å². The Hall–Kier alpha value is -2.88. The van der Waals surface area contributed by atoms with Crippen molar-refractivity contribution in [2.24, 2.45) is 0 Å². The predicted octanol–water partition coefficient (Wildman–Crippen LogP) is 5.37. The molecular formula is C24H27N3O. The number of aryl methyl sites for hydroxylation is 1. The predicted molar refractivity (Wildman–Crippen MR) is 112 cm³/mol. The first-order valence-corrected chi connectivity index (χ1v) is 10.3. The van der Waals surface area contributed by atoms with Gasteiger partial charge in [-0.2, -0.15) is 5.10 Å². The first kappa shape index (κ1) is 18.5. The van der Waals surface area contributed by atoms with Crippen molar-refractivity contribution in [3.05, 3.63) is 77.0 Å². The van der Waals surface area contributed by atoms with Crippen molar-refractivity contribution in [2.45, 2.75) is 45.6 Å². The Morgan fingerprint density at radius 1 is 1.00 bits per heavy atom. The van der Waals surface area contributed by atoms with Crippen LogP contribution in [0.15, 0.2) is 54.6 Å². The lowest BCUT2D eigenvalue weighted by molar-refractivity contribution is 0.0740. The van der Waals surface area contributed by atoms with E-state index in [0.717, 1.165) is 54.6 Å². The third-order valence-corrected chi connectivity index (χ3v) is 5.62. The highest BCUT2D eigenvalue weighted by molar-refractivity contribution is 6.00. The lowest BCUT2D eigenvalue weighted by atomic mass is 9.95. The molecule has 0 radical (unpaired) electrons. The molecule has 2 heterocycles. The van der Waals surface area contributed by atoms with E-state index in [1.807, 2.05) is 23.1 Å². The monoisotopic (exact) mass is 373 g/mol. The Bertz CT molecular complexity index is 944. The number of benzene rings is 2. The number of aromatic nitrogens is 2. The first-order valence-electron chi connectivity index (χ1n) is 10.3. The number of carbonyl (C=O) groups is 1. The standard InChI is InChI=1S/C24H27N3O/c1-3-5-9-16-27-23(19-14-12-17(4-2)13-15-19)20-21(18-10-7-6-8-11-18)25-26-22(20)24(27)28/h6-8,10-15,23H,3-5,9,16H2,1-2H3,(H,25,26). The number of rotatable bonds is 7. The van der Waals surface area contributed by atoms with Crippen molar-refractivity contribution in [1.82, 2.24) is 15.1 Å². The highest BCUT2D eigenvalue weighted by Gasteiger charge is 2.41. The number of unbranched alkanes of at least 4 members (excludes halogenated alkanes) is 2. The second kappa shape index (κ2) is 8.01. The highest BCUT2D eigenvalue weighted by atomic mass is 16.2. The number of H-pyrrole nitrogens is 1. The van der Waals surface area contributed by atoms with Gasteiger partial charge in [-0.15, -0.1) is 0 Å². The lowest BCUT2D eigenvalue weighted by Gasteiger charge is -2.26. The molecule has 1 atom stereocenters. The normalized spacial score (nSPS) is 15.9. The molecule has 1 aliphatic rings. The van der Waals surface area contributed by atoms with Gasteiger partial charge in [0.1, 0.15) is 5.69 Å². The second-order valence-electron chi connectivity index (χ2n) is 7.43. The summed E-state index contributed by atoms with van der Waals surface area (Å²) in [6, 6.07) is 18.7. The minimum atomic E-state index is -0.0841. The number of carbonyl (C=O) groups excluding carboxylic acids is 1. The summed E-state index contributed by atoms with van der Waals surface area (Å²) in [4.78, 5) is 15.2. The Labute approximate surface area is 166 Å². The van der Waals surface area contributed by atoms with E-state index >= 15 is 0 Å². The van der Waals surface area contributed by atoms with Gasteiger partial charge in [-0.3, -0.25) is 9.89 Å². The summed E-state index contributed by atoms with van der Waals surface area (Å²) in [6.07, 6.45) is 4.30. The zero-order valence-electron chi connectivity index (χ0n) is 16.6. The van der Waals surface area contributed by atoms with Crippen LogP contribution in [-0.4, -0.2) is 27.5 Å². The maximum atomic E-state index is 13.2. The van der Waals surface area contributed by atoms with Gasteiger partial charge in [0.2, 0.25) is 0 Å². The molecule has 0 saturated carbocycles. The van der Waals surface area contributed by atoms with E-state index in [0.29, 0.717) is 5.69 Å². The van der Waals surface area contributed by atoms with Gasteiger partial charge in [0.15, 0.2) is 0 Å². The van der Waals surface area contributed by atoms with Crippen molar-refractivity contribution < 1.29 is 4.79 Å². The maximum Gasteiger partial charge on any atom is 0.273 e. The molecule has 4 rings (SSSR count). The van der Waals surface area contributed by atoms with E-state index in [9.17, 15) is 4.79 Å². The zero-order chi connectivity index (χ0) is 19.5. The van der Waals surface area contributed by atoms with E-state index in [4.69, 9.17) is 0 Å². The summed E-state index contributed by atoms with van der Waals surface area (Å²) in [7, 11) is 0. The van der Waals surface area contributed by atoms with Gasteiger partial charge in [0, 0.05) is 17.7 Å². The van der Waals surface area contributed by atoms with Crippen LogP contribution in [0.25, 0.3) is 11.3 Å². The Kier molecular flexibility index (Phi) is 5.29. The van der Waals surface area contributed by atoms with Crippen LogP contribution >= 0.6 is 0 Å². The summed E-state index contributed by atoms with van der Waals surface area (Å²) in [6.45, 7) is 5.11. The van der Waals surface area contributed by atoms with E-state index in [2.05, 4.69) is 60.4 Å². The molecule has 1 aromatic heterocycles. The topological polar surface area (TPSA) is 49.0 Å². The summed E-state index contributed by atoms with van der Waals surface area (Å²) in [5, 5.41) is 7.56. The minimum Gasteiger partial charge on any atom is -0.326 e. The third-order valence-electron chi connectivity index (χ3n) is 5.62. The van der Waals surface area contributed by atoms with Crippen molar-refractivity contribution in [3.8, 4) is 11.3 Å². The molecule has 1 unspecified atom stereocenters. The molecule has 0 spiro atoms. The largest absolute Gasteiger partial charge is 0.326 e. The van der Waals surface area contributed by atoms with Crippen molar-refractivity contribution in [1.29, 1.82) is 0 Å². The van der Waals surface area contributed by atoms with Gasteiger partial charge in [-0.05, 0) is 24.0 Å². The van der Waals surface area contributed by atoms with Crippen LogP contribution in [0.3, 0.4) is 0 Å². The molecular weight excluding hydrogens is 346 g/mol. The molecule has 0 aliphatic carbocycles. The molecule has 4 nitrogen and oxygen atoms in total. The van der Waals surface area contributed by atoms with Gasteiger partial charge in [-0.1, -0.05) is 81.3 Å². The second-order valence-corrected chi connectivity index (χ2v) is 7.43. The zero-order valence-corrected chi connectivity index (χ0v) is 16.6. The molecule has 0 fully saturated rings. The smallest absolute Gasteiger partial charge is 0.273 e. The molecule has 1 amide bonds. The number of aromatic amines is 1. The fourth-order valence-electron chi connectivity index (χ4n) is 4.06. The van der Waals surface area contributed by atoms with E-state index < -0.39 is 0 Å². The molecule has 1 N–H and O–H groups in total. The van der Waals surface area contributed by atoms with Gasteiger partial charge in [-0.25, -0.2) is 0 Å². The Morgan fingerprint density at radius 2 is 1.75 bits per heavy atom. The number of fused-ring (bicyclic) bond motifs is 1. The summed E-state index contributed by atoms with van der Waals surface area (Å²) in [5.41, 5.74) is 6.03. The summed E-state index contributed by atoms with van der Waals surface area (Å²) >= 11 is 0. The average Bonchev–Trinajstić information content (AvgIpc) is 3.28. The fraction of sp³-hybridized carbons (Fsp3) is 0.333. The molecule has 2 aromatic carbocycles. The van der Waals surface area contributed by atoms with Crippen LogP contribution in [0.2, 0.25) is 0 Å². The number of nitrogens with one attached hydrogen (secondary N) is 1. The maximum absolute atomic E-state index is 13.2. The SMILES string of the molecule is CCCCCN1C(=O)c2[nH]nc(-c3ccccc3)c2C1c1ccc(CC)cc1. The van der Waals surface area contributed by atoms with Crippen molar-refractivity contribution in [3.63, 3.8) is 0 Å². The van der Waals surface area contributed by atoms with Gasteiger partial charge in [0.05, 0.1) is 11.7 Å². The number of amides is 1. The first-order chi connectivity index (χ1) is 13.7. The van der Waals surface area contributed by atoms with Crippen LogP contribution in [0, 0.1) is 0 Å². The molecule has 28 heavy (non-hydrogen) atoms. The molecule has 144 valence electrons. The van der Waals surface area contributed by atoms with Crippen LogP contribution in [0.4, 0.5) is 0 Å². The molecule has 1 aliphatic heterocycles. The van der Waals surface area contributed by atoms with E-state index in [-0.39, 0.29) is 11.9 Å². The lowest BCUT2D eigenvalue weighted by Crippen LogP contribution is -2.30. The minimum absolute atomic E-state index is 0.0605. The average molecular weight is 374 g/mol. The Morgan fingerprint density at radius 3 is 2.43 bits per heavy atom. The van der Waals surface area contributed by atoms with E-state index in [1.165, 1.54) is 5.56 Å². The van der Waals surface area contributed by atoms with Crippen LogP contribution in [0.5, 0.6) is 0 Å². The quantitative estimate of drug-likeness (QED) is 0.566. The fourth-order valence-corrected chi connectivity index (χ4v) is 4.06. The number of hydrogen-bond donors (Lipinski definition) is 1. The number of hydrogen-bond acceptors (Lipinski definition) is 2. The molecule has 0 saturated heterocycles. The molecule has 4 heteroatoms. The highest BCUT2D eigenvalue weighted by Crippen LogP contribution is 2.42. The van der Waals surface area contributed by atoms with Crippen molar-refractivity contribution >= 4 is 5.91 Å². The van der Waals surface area contributed by atoms with Crippen molar-refractivity contribution in [2.75, 3.05) is 6.54 Å². The van der Waals surface area contributed by atoms with Gasteiger partial charge in [0.25, 0.3) is 5.91 Å². The Balaban J connectivity index is 1.79. The third kappa shape index (κ3) is 3.24. The van der Waals surface area contributed by atoms with Gasteiger partial charge < -0.3 is 4.90 Å². The van der Waals surface area contributed by atoms with E-state index in [1.54, 1.807) is 0 Å².